The van der Waals surface area contributed by atoms with Gasteiger partial charge in [0.1, 0.15) is 18.4 Å². The second-order valence-corrected chi connectivity index (χ2v) is 9.45. The zero-order valence-corrected chi connectivity index (χ0v) is 20.1. The molecule has 2 unspecified atom stereocenters. The molecular weight excluding hydrogens is 460 g/mol. The number of amides is 3. The monoisotopic (exact) mass is 490 g/mol. The molecule has 0 spiro atoms. The second kappa shape index (κ2) is 10.6. The average molecular weight is 491 g/mol. The number of piperidine rings is 1. The number of nitrogens with one attached hydrogen (secondary N) is 1. The maximum absolute atomic E-state index is 13.0. The zero-order valence-electron chi connectivity index (χ0n) is 20.1. The van der Waals surface area contributed by atoms with E-state index in [4.69, 9.17) is 9.47 Å². The van der Waals surface area contributed by atoms with Crippen LogP contribution in [0.5, 0.6) is 5.75 Å². The van der Waals surface area contributed by atoms with Gasteiger partial charge in [-0.05, 0) is 48.1 Å². The highest BCUT2D eigenvalue weighted by molar-refractivity contribution is 6.05. The van der Waals surface area contributed by atoms with E-state index in [1.807, 2.05) is 30.3 Å². The Morgan fingerprint density at radius 1 is 1.03 bits per heavy atom. The molecule has 0 bridgehead atoms. The number of aliphatic hydroxyl groups is 1. The lowest BCUT2D eigenvalue weighted by atomic mass is 9.96. The third-order valence-electron chi connectivity index (χ3n) is 7.00. The van der Waals surface area contributed by atoms with Crippen LogP contribution in [0.4, 0.5) is 0 Å². The summed E-state index contributed by atoms with van der Waals surface area (Å²) in [4.78, 5) is 38.3. The van der Waals surface area contributed by atoms with Crippen molar-refractivity contribution in [3.63, 3.8) is 0 Å². The standard InChI is InChI=1S/C28H30N2O6/c31-24-12-14-35-13-2-3-20(24)15-18-6-8-19(9-7-18)17-36-25-5-1-4-21-22(25)16-30(28(21)34)23-10-11-26(32)29-27(23)33/h1,3-9,23-24,31H,2,10-17H2,(H,29,32,33). The molecule has 8 heteroatoms. The van der Waals surface area contributed by atoms with E-state index >= 15 is 0 Å². The van der Waals surface area contributed by atoms with Crippen LogP contribution in [0.1, 0.15) is 52.7 Å². The van der Waals surface area contributed by atoms with E-state index in [0.29, 0.717) is 50.4 Å². The second-order valence-electron chi connectivity index (χ2n) is 9.45. The first-order valence-electron chi connectivity index (χ1n) is 12.4. The molecule has 3 heterocycles. The van der Waals surface area contributed by atoms with Crippen molar-refractivity contribution in [3.8, 4) is 5.75 Å². The van der Waals surface area contributed by atoms with Crippen molar-refractivity contribution in [1.29, 1.82) is 0 Å². The minimum atomic E-state index is -0.651. The van der Waals surface area contributed by atoms with Gasteiger partial charge in [-0.3, -0.25) is 19.7 Å². The Balaban J connectivity index is 1.23. The van der Waals surface area contributed by atoms with Crippen LogP contribution in [0.15, 0.2) is 54.1 Å². The zero-order chi connectivity index (χ0) is 25.1. The largest absolute Gasteiger partial charge is 0.489 e. The molecule has 2 aromatic carbocycles. The fraction of sp³-hybridized carbons (Fsp3) is 0.393. The molecule has 0 aromatic heterocycles. The Hall–Kier alpha value is -3.49. The SMILES string of the molecule is O=C1CCC(N2Cc3c(OCc4ccc(CC5=CCCOCCC5O)cc4)cccc3C2=O)C(=O)N1. The van der Waals surface area contributed by atoms with Gasteiger partial charge in [0.2, 0.25) is 11.8 Å². The number of ether oxygens (including phenoxy) is 2. The lowest BCUT2D eigenvalue weighted by Gasteiger charge is -2.29. The van der Waals surface area contributed by atoms with Crippen molar-refractivity contribution in [2.24, 2.45) is 0 Å². The molecule has 1 fully saturated rings. The highest BCUT2D eigenvalue weighted by atomic mass is 16.5. The van der Waals surface area contributed by atoms with Gasteiger partial charge in [0, 0.05) is 30.6 Å². The number of nitrogens with zero attached hydrogens (tertiary/aromatic N) is 1. The van der Waals surface area contributed by atoms with Crippen LogP contribution in [-0.4, -0.2) is 53.1 Å². The van der Waals surface area contributed by atoms with Gasteiger partial charge in [-0.15, -0.1) is 0 Å². The smallest absolute Gasteiger partial charge is 0.255 e. The maximum atomic E-state index is 13.0. The third kappa shape index (κ3) is 5.20. The molecule has 36 heavy (non-hydrogen) atoms. The lowest BCUT2D eigenvalue weighted by molar-refractivity contribution is -0.136. The van der Waals surface area contributed by atoms with Gasteiger partial charge in [0.05, 0.1) is 19.3 Å². The van der Waals surface area contributed by atoms with Gasteiger partial charge in [-0.1, -0.05) is 36.4 Å². The molecule has 3 aliphatic heterocycles. The molecule has 188 valence electrons. The predicted molar refractivity (Wildman–Crippen MR) is 131 cm³/mol. The lowest BCUT2D eigenvalue weighted by Crippen LogP contribution is -2.52. The number of rotatable bonds is 6. The van der Waals surface area contributed by atoms with Crippen molar-refractivity contribution >= 4 is 17.7 Å². The summed E-state index contributed by atoms with van der Waals surface area (Å²) in [7, 11) is 0. The molecular formula is C28H30N2O6. The Kier molecular flexibility index (Phi) is 7.16. The summed E-state index contributed by atoms with van der Waals surface area (Å²) < 4.78 is 11.5. The Bertz CT molecular complexity index is 1190. The molecule has 3 aliphatic rings. The number of fused-ring (bicyclic) bond motifs is 1. The maximum Gasteiger partial charge on any atom is 0.255 e. The number of carbonyl (C=O) groups excluding carboxylic acids is 3. The van der Waals surface area contributed by atoms with Gasteiger partial charge in [-0.25, -0.2) is 0 Å². The van der Waals surface area contributed by atoms with Gasteiger partial charge in [0.25, 0.3) is 5.91 Å². The molecule has 0 radical (unpaired) electrons. The fourth-order valence-corrected chi connectivity index (χ4v) is 4.98. The summed E-state index contributed by atoms with van der Waals surface area (Å²) in [5.74, 6) is -0.329. The molecule has 2 N–H and O–H groups in total. The molecule has 5 rings (SSSR count). The number of benzene rings is 2. The van der Waals surface area contributed by atoms with Crippen LogP contribution in [0.25, 0.3) is 0 Å². The van der Waals surface area contributed by atoms with Crippen molar-refractivity contribution in [2.75, 3.05) is 13.2 Å². The van der Waals surface area contributed by atoms with Crippen molar-refractivity contribution in [2.45, 2.75) is 57.4 Å². The first kappa shape index (κ1) is 24.2. The van der Waals surface area contributed by atoms with Crippen LogP contribution in [0, 0.1) is 0 Å². The third-order valence-corrected chi connectivity index (χ3v) is 7.00. The number of carbonyl (C=O) groups is 3. The number of hydrogen-bond donors (Lipinski definition) is 2. The first-order valence-corrected chi connectivity index (χ1v) is 12.4. The van der Waals surface area contributed by atoms with Crippen LogP contribution >= 0.6 is 0 Å². The topological polar surface area (TPSA) is 105 Å². The summed E-state index contributed by atoms with van der Waals surface area (Å²) in [5, 5.41) is 12.7. The van der Waals surface area contributed by atoms with E-state index in [0.717, 1.165) is 28.7 Å². The highest BCUT2D eigenvalue weighted by Crippen LogP contribution is 2.34. The van der Waals surface area contributed by atoms with E-state index in [1.165, 1.54) is 4.90 Å². The highest BCUT2D eigenvalue weighted by Gasteiger charge is 2.40. The van der Waals surface area contributed by atoms with Crippen LogP contribution in [0.3, 0.4) is 0 Å². The van der Waals surface area contributed by atoms with Crippen molar-refractivity contribution < 1.29 is 29.0 Å². The summed E-state index contributed by atoms with van der Waals surface area (Å²) >= 11 is 0. The Labute approximate surface area is 209 Å². The van der Waals surface area contributed by atoms with Gasteiger partial charge < -0.3 is 19.5 Å². The molecule has 2 atom stereocenters. The minimum Gasteiger partial charge on any atom is -0.489 e. The molecule has 2 aromatic rings. The number of aliphatic hydroxyl groups excluding tert-OH is 1. The van der Waals surface area contributed by atoms with Crippen LogP contribution < -0.4 is 10.1 Å². The Morgan fingerprint density at radius 2 is 1.83 bits per heavy atom. The quantitative estimate of drug-likeness (QED) is 0.477. The van der Waals surface area contributed by atoms with E-state index in [1.54, 1.807) is 12.1 Å². The molecule has 0 saturated carbocycles. The van der Waals surface area contributed by atoms with E-state index < -0.39 is 18.1 Å². The predicted octanol–water partition coefficient (Wildman–Crippen LogP) is 2.67. The molecule has 8 nitrogen and oxygen atoms in total. The first-order chi connectivity index (χ1) is 17.5. The molecule has 1 saturated heterocycles. The van der Waals surface area contributed by atoms with Gasteiger partial charge in [0.15, 0.2) is 0 Å². The normalized spacial score (nSPS) is 22.4. The minimum absolute atomic E-state index is 0.216. The van der Waals surface area contributed by atoms with Crippen molar-refractivity contribution in [1.82, 2.24) is 10.2 Å². The van der Waals surface area contributed by atoms with Crippen LogP contribution in [0.2, 0.25) is 0 Å². The summed E-state index contributed by atoms with van der Waals surface area (Å²) in [6.45, 7) is 1.88. The van der Waals surface area contributed by atoms with E-state index in [9.17, 15) is 19.5 Å². The van der Waals surface area contributed by atoms with Gasteiger partial charge in [-0.2, -0.15) is 0 Å². The number of imide groups is 1. The van der Waals surface area contributed by atoms with E-state index in [-0.39, 0.29) is 24.8 Å². The Morgan fingerprint density at radius 3 is 2.64 bits per heavy atom. The summed E-state index contributed by atoms with van der Waals surface area (Å²) in [6, 6.07) is 12.8. The van der Waals surface area contributed by atoms with Gasteiger partial charge >= 0.3 is 0 Å². The van der Waals surface area contributed by atoms with E-state index in [2.05, 4.69) is 11.4 Å². The summed E-state index contributed by atoms with van der Waals surface area (Å²) in [6.07, 6.45) is 4.28. The summed E-state index contributed by atoms with van der Waals surface area (Å²) in [5.41, 5.74) is 4.44. The fourth-order valence-electron chi connectivity index (χ4n) is 4.98. The average Bonchev–Trinajstić information content (AvgIpc) is 3.20. The molecule has 3 amide bonds. The van der Waals surface area contributed by atoms with Crippen molar-refractivity contribution in [3.05, 3.63) is 76.4 Å². The van der Waals surface area contributed by atoms with Crippen LogP contribution in [-0.2, 0) is 33.9 Å². The molecule has 0 aliphatic carbocycles. The number of hydrogen-bond acceptors (Lipinski definition) is 6.